The first-order valence-electron chi connectivity index (χ1n) is 10.7. The summed E-state index contributed by atoms with van der Waals surface area (Å²) in [6.07, 6.45) is 15.1. The zero-order chi connectivity index (χ0) is 20.2. The highest BCUT2D eigenvalue weighted by Crippen LogP contribution is 2.36. The van der Waals surface area contributed by atoms with Crippen LogP contribution in [0.4, 0.5) is 11.4 Å². The van der Waals surface area contributed by atoms with Gasteiger partial charge in [-0.15, -0.1) is 11.8 Å². The molecule has 0 saturated carbocycles. The summed E-state index contributed by atoms with van der Waals surface area (Å²) >= 11 is 1.78. The first-order chi connectivity index (χ1) is 13.6. The molecular formula is C23H35N3OS. The molecule has 5 heteroatoms. The summed E-state index contributed by atoms with van der Waals surface area (Å²) in [5.74, 6) is 0.953. The van der Waals surface area contributed by atoms with Gasteiger partial charge in [0.1, 0.15) is 0 Å². The van der Waals surface area contributed by atoms with Gasteiger partial charge in [-0.3, -0.25) is 9.78 Å². The first-order valence-corrected chi connectivity index (χ1v) is 11.7. The Morgan fingerprint density at radius 1 is 1.07 bits per heavy atom. The number of unbranched alkanes of at least 4 members (excludes halogenated alkanes) is 9. The molecule has 28 heavy (non-hydrogen) atoms. The molecule has 0 unspecified atom stereocenters. The van der Waals surface area contributed by atoms with E-state index in [0.717, 1.165) is 32.9 Å². The Morgan fingerprint density at radius 3 is 2.36 bits per heavy atom. The second-order valence-electron chi connectivity index (χ2n) is 7.45. The van der Waals surface area contributed by atoms with Crippen LogP contribution in [0.15, 0.2) is 29.3 Å². The van der Waals surface area contributed by atoms with Crippen molar-refractivity contribution in [3.8, 4) is 0 Å². The van der Waals surface area contributed by atoms with Crippen LogP contribution in [0.5, 0.6) is 0 Å². The molecular weight excluding hydrogens is 366 g/mol. The third-order valence-corrected chi connectivity index (χ3v) is 6.10. The summed E-state index contributed by atoms with van der Waals surface area (Å²) < 4.78 is 0. The summed E-state index contributed by atoms with van der Waals surface area (Å²) in [6, 6.07) is 5.81. The highest BCUT2D eigenvalue weighted by molar-refractivity contribution is 7.99. The third-order valence-electron chi connectivity index (χ3n) is 4.96. The Kier molecular flexibility index (Phi) is 10.2. The van der Waals surface area contributed by atoms with Crippen LogP contribution in [-0.2, 0) is 4.79 Å². The van der Waals surface area contributed by atoms with E-state index in [1.165, 1.54) is 71.1 Å². The number of hydrogen-bond acceptors (Lipinski definition) is 4. The van der Waals surface area contributed by atoms with E-state index in [1.54, 1.807) is 18.0 Å². The fraction of sp³-hybridized carbons (Fsp3) is 0.565. The molecule has 0 aliphatic carbocycles. The van der Waals surface area contributed by atoms with Crippen LogP contribution < -0.4 is 11.1 Å². The normalized spacial score (nSPS) is 11.1. The lowest BCUT2D eigenvalue weighted by molar-refractivity contribution is -0.114. The van der Waals surface area contributed by atoms with Gasteiger partial charge < -0.3 is 11.1 Å². The minimum absolute atomic E-state index is 0.0950. The van der Waals surface area contributed by atoms with Crippen molar-refractivity contribution in [1.29, 1.82) is 0 Å². The molecule has 0 aliphatic rings. The highest BCUT2D eigenvalue weighted by atomic mass is 32.2. The minimum Gasteiger partial charge on any atom is -0.397 e. The van der Waals surface area contributed by atoms with Gasteiger partial charge >= 0.3 is 0 Å². The lowest BCUT2D eigenvalue weighted by atomic mass is 10.1. The Hall–Kier alpha value is -1.75. The largest absolute Gasteiger partial charge is 0.397 e. The number of carbonyl (C=O) groups excluding carboxylic acids is 1. The van der Waals surface area contributed by atoms with Gasteiger partial charge in [0.15, 0.2) is 0 Å². The van der Waals surface area contributed by atoms with Gasteiger partial charge in [-0.05, 0) is 30.4 Å². The SMILES string of the molecule is CCCCCCCCCCCCSc1cc(NC(C)=O)c2ncccc2c1N. The number of fused-ring (bicyclic) bond motifs is 1. The molecule has 1 heterocycles. The van der Waals surface area contributed by atoms with E-state index < -0.39 is 0 Å². The Morgan fingerprint density at radius 2 is 1.71 bits per heavy atom. The van der Waals surface area contributed by atoms with E-state index in [4.69, 9.17) is 5.73 Å². The minimum atomic E-state index is -0.0950. The van der Waals surface area contributed by atoms with Crippen LogP contribution >= 0.6 is 11.8 Å². The molecule has 0 atom stereocenters. The van der Waals surface area contributed by atoms with Crippen molar-refractivity contribution in [2.45, 2.75) is 83.0 Å². The van der Waals surface area contributed by atoms with Crippen molar-refractivity contribution in [2.75, 3.05) is 16.8 Å². The van der Waals surface area contributed by atoms with Gasteiger partial charge in [0, 0.05) is 23.4 Å². The van der Waals surface area contributed by atoms with Gasteiger partial charge in [0.05, 0.1) is 16.9 Å². The first kappa shape index (κ1) is 22.5. The van der Waals surface area contributed by atoms with Crippen LogP contribution in [0.3, 0.4) is 0 Å². The third kappa shape index (κ3) is 7.34. The van der Waals surface area contributed by atoms with Gasteiger partial charge in [-0.25, -0.2) is 0 Å². The molecule has 154 valence electrons. The number of benzene rings is 1. The maximum Gasteiger partial charge on any atom is 0.221 e. The van der Waals surface area contributed by atoms with Crippen molar-refractivity contribution in [1.82, 2.24) is 4.98 Å². The number of nitrogens with two attached hydrogens (primary N) is 1. The zero-order valence-corrected chi connectivity index (χ0v) is 18.2. The van der Waals surface area contributed by atoms with E-state index in [1.807, 2.05) is 18.2 Å². The van der Waals surface area contributed by atoms with E-state index in [2.05, 4.69) is 17.2 Å². The number of thioether (sulfide) groups is 1. The molecule has 1 amide bonds. The number of hydrogen-bond donors (Lipinski definition) is 2. The maximum absolute atomic E-state index is 11.5. The van der Waals surface area contributed by atoms with Crippen molar-refractivity contribution in [3.63, 3.8) is 0 Å². The summed E-state index contributed by atoms with van der Waals surface area (Å²) in [5.41, 5.74) is 8.62. The summed E-state index contributed by atoms with van der Waals surface area (Å²) in [4.78, 5) is 17.0. The molecule has 0 spiro atoms. The number of aromatic nitrogens is 1. The number of nitrogen functional groups attached to an aromatic ring is 1. The standard InChI is InChI=1S/C23H35N3OS/c1-3-4-5-6-7-8-9-10-11-12-16-28-21-17-20(26-18(2)27)23-19(22(21)24)14-13-15-25-23/h13-15,17H,3-12,16,24H2,1-2H3,(H,26,27). The number of amides is 1. The lowest BCUT2D eigenvalue weighted by Crippen LogP contribution is -2.07. The Labute approximate surface area is 174 Å². The molecule has 0 radical (unpaired) electrons. The zero-order valence-electron chi connectivity index (χ0n) is 17.4. The molecule has 2 aromatic rings. The topological polar surface area (TPSA) is 68.0 Å². The van der Waals surface area contributed by atoms with Crippen LogP contribution in [0.25, 0.3) is 10.9 Å². The van der Waals surface area contributed by atoms with Crippen molar-refractivity contribution in [3.05, 3.63) is 24.4 Å². The van der Waals surface area contributed by atoms with Crippen molar-refractivity contribution >= 4 is 39.9 Å². The number of nitrogens with zero attached hydrogens (tertiary/aromatic N) is 1. The van der Waals surface area contributed by atoms with Crippen LogP contribution in [0, 0.1) is 0 Å². The number of pyridine rings is 1. The van der Waals surface area contributed by atoms with Crippen LogP contribution in [-0.4, -0.2) is 16.6 Å². The van der Waals surface area contributed by atoms with Crippen molar-refractivity contribution in [2.24, 2.45) is 0 Å². The number of carbonyl (C=O) groups is 1. The number of anilines is 2. The van der Waals surface area contributed by atoms with Gasteiger partial charge in [-0.2, -0.15) is 0 Å². The molecule has 3 N–H and O–H groups in total. The Bertz CT molecular complexity index is 748. The summed E-state index contributed by atoms with van der Waals surface area (Å²) in [7, 11) is 0. The fourth-order valence-electron chi connectivity index (χ4n) is 3.42. The van der Waals surface area contributed by atoms with Crippen molar-refractivity contribution < 1.29 is 4.79 Å². The molecule has 2 rings (SSSR count). The van der Waals surface area contributed by atoms with Gasteiger partial charge in [0.2, 0.25) is 5.91 Å². The molecule has 4 nitrogen and oxygen atoms in total. The molecule has 1 aromatic heterocycles. The second kappa shape index (κ2) is 12.7. The second-order valence-corrected chi connectivity index (χ2v) is 8.58. The van der Waals surface area contributed by atoms with Crippen LogP contribution in [0.1, 0.15) is 78.1 Å². The average molecular weight is 402 g/mol. The van der Waals surface area contributed by atoms with E-state index in [0.29, 0.717) is 0 Å². The molecule has 0 fully saturated rings. The maximum atomic E-state index is 11.5. The quantitative estimate of drug-likeness (QED) is 0.220. The van der Waals surface area contributed by atoms with E-state index >= 15 is 0 Å². The Balaban J connectivity index is 1.78. The predicted octanol–water partition coefficient (Wildman–Crippen LogP) is 6.79. The predicted molar refractivity (Wildman–Crippen MR) is 123 cm³/mol. The number of nitrogens with one attached hydrogen (secondary N) is 1. The average Bonchev–Trinajstić information content (AvgIpc) is 2.69. The van der Waals surface area contributed by atoms with Gasteiger partial charge in [0.25, 0.3) is 0 Å². The smallest absolute Gasteiger partial charge is 0.221 e. The van der Waals surface area contributed by atoms with Crippen LogP contribution in [0.2, 0.25) is 0 Å². The van der Waals surface area contributed by atoms with E-state index in [9.17, 15) is 4.79 Å². The lowest BCUT2D eigenvalue weighted by Gasteiger charge is -2.13. The molecule has 0 bridgehead atoms. The monoisotopic (exact) mass is 401 g/mol. The summed E-state index contributed by atoms with van der Waals surface area (Å²) in [5, 5.41) is 3.79. The highest BCUT2D eigenvalue weighted by Gasteiger charge is 2.12. The van der Waals surface area contributed by atoms with Gasteiger partial charge in [-0.1, -0.05) is 64.7 Å². The fourth-order valence-corrected chi connectivity index (χ4v) is 4.46. The molecule has 0 saturated heterocycles. The molecule has 0 aliphatic heterocycles. The molecule has 1 aromatic carbocycles. The number of rotatable bonds is 13. The van der Waals surface area contributed by atoms with E-state index in [-0.39, 0.29) is 5.91 Å². The summed E-state index contributed by atoms with van der Waals surface area (Å²) in [6.45, 7) is 3.78.